The van der Waals surface area contributed by atoms with Gasteiger partial charge in [-0.15, -0.1) is 0 Å². The first-order chi connectivity index (χ1) is 11.0. The number of benzene rings is 1. The molecule has 1 aromatic carbocycles. The van der Waals surface area contributed by atoms with E-state index >= 15 is 0 Å². The molecule has 1 heterocycles. The van der Waals surface area contributed by atoms with Crippen molar-refractivity contribution in [3.8, 4) is 0 Å². The van der Waals surface area contributed by atoms with Gasteiger partial charge in [-0.2, -0.15) is 0 Å². The van der Waals surface area contributed by atoms with Crippen LogP contribution in [-0.2, 0) is 0 Å². The third-order valence-electron chi connectivity index (χ3n) is 3.26. The second-order valence-corrected chi connectivity index (χ2v) is 5.70. The Morgan fingerprint density at radius 3 is 2.61 bits per heavy atom. The number of carbonyl (C=O) groups is 1. The summed E-state index contributed by atoms with van der Waals surface area (Å²) in [6.45, 7) is 3.78. The molecule has 122 valence electrons. The molecule has 1 aromatic heterocycles. The Kier molecular flexibility index (Phi) is 6.05. The first-order valence-corrected chi connectivity index (χ1v) is 7.63. The van der Waals surface area contributed by atoms with Crippen LogP contribution in [0.25, 0.3) is 0 Å². The van der Waals surface area contributed by atoms with Gasteiger partial charge in [0.1, 0.15) is 0 Å². The topological polar surface area (TPSA) is 70.2 Å². The van der Waals surface area contributed by atoms with E-state index in [1.165, 1.54) is 12.4 Å². The van der Waals surface area contributed by atoms with E-state index in [2.05, 4.69) is 25.5 Å². The molecule has 0 spiro atoms. The lowest BCUT2D eigenvalue weighted by Crippen LogP contribution is -2.17. The molecule has 0 radical (unpaired) electrons. The zero-order chi connectivity index (χ0) is 16.7. The third-order valence-corrected chi connectivity index (χ3v) is 3.26. The van der Waals surface area contributed by atoms with Crippen LogP contribution in [-0.4, -0.2) is 48.0 Å². The van der Waals surface area contributed by atoms with Crippen molar-refractivity contribution in [1.29, 1.82) is 0 Å². The lowest BCUT2D eigenvalue weighted by Gasteiger charge is -2.10. The first-order valence-electron chi connectivity index (χ1n) is 7.63. The Hall–Kier alpha value is -2.47. The fraction of sp³-hybridized carbons (Fsp3) is 0.353. The minimum absolute atomic E-state index is 0.213. The molecule has 2 aromatic rings. The van der Waals surface area contributed by atoms with Crippen LogP contribution in [0.1, 0.15) is 22.3 Å². The summed E-state index contributed by atoms with van der Waals surface area (Å²) in [5, 5.41) is 5.98. The summed E-state index contributed by atoms with van der Waals surface area (Å²) in [6.07, 6.45) is 4.07. The second-order valence-electron chi connectivity index (χ2n) is 5.70. The van der Waals surface area contributed by atoms with E-state index < -0.39 is 0 Å². The summed E-state index contributed by atoms with van der Waals surface area (Å²) in [7, 11) is 4.08. The van der Waals surface area contributed by atoms with Gasteiger partial charge in [0.15, 0.2) is 0 Å². The number of hydrogen-bond donors (Lipinski definition) is 2. The average Bonchev–Trinajstić information content (AvgIpc) is 2.52. The highest BCUT2D eigenvalue weighted by Gasteiger charge is 2.07. The normalized spacial score (nSPS) is 10.6. The maximum absolute atomic E-state index is 12.2. The van der Waals surface area contributed by atoms with E-state index in [4.69, 9.17) is 0 Å². The fourth-order valence-corrected chi connectivity index (χ4v) is 2.06. The quantitative estimate of drug-likeness (QED) is 0.768. The van der Waals surface area contributed by atoms with E-state index in [1.807, 2.05) is 45.3 Å². The van der Waals surface area contributed by atoms with E-state index in [-0.39, 0.29) is 5.91 Å². The van der Waals surface area contributed by atoms with Gasteiger partial charge in [-0.1, -0.05) is 12.1 Å². The van der Waals surface area contributed by atoms with Crippen molar-refractivity contribution in [1.82, 2.24) is 14.9 Å². The van der Waals surface area contributed by atoms with Gasteiger partial charge in [-0.05, 0) is 51.7 Å². The zero-order valence-corrected chi connectivity index (χ0v) is 13.8. The van der Waals surface area contributed by atoms with Crippen molar-refractivity contribution < 1.29 is 4.79 Å². The Labute approximate surface area is 137 Å². The highest BCUT2D eigenvalue weighted by atomic mass is 16.1. The van der Waals surface area contributed by atoms with Crippen molar-refractivity contribution in [2.45, 2.75) is 13.3 Å². The SMILES string of the molecule is Cc1cccc(NC(=O)c2cnc(NCCCN(C)C)nc2)c1. The molecule has 6 heteroatoms. The van der Waals surface area contributed by atoms with Gasteiger partial charge in [0.25, 0.3) is 5.91 Å². The van der Waals surface area contributed by atoms with Crippen LogP contribution >= 0.6 is 0 Å². The summed E-state index contributed by atoms with van der Waals surface area (Å²) in [5.41, 5.74) is 2.29. The van der Waals surface area contributed by atoms with Crippen LogP contribution in [0.2, 0.25) is 0 Å². The number of rotatable bonds is 7. The molecule has 0 bridgehead atoms. The summed E-state index contributed by atoms with van der Waals surface area (Å²) in [4.78, 5) is 22.6. The van der Waals surface area contributed by atoms with Crippen molar-refractivity contribution >= 4 is 17.5 Å². The van der Waals surface area contributed by atoms with E-state index in [9.17, 15) is 4.79 Å². The highest BCUT2D eigenvalue weighted by molar-refractivity contribution is 6.03. The predicted octanol–water partition coefficient (Wildman–Crippen LogP) is 2.40. The smallest absolute Gasteiger partial charge is 0.258 e. The van der Waals surface area contributed by atoms with Crippen molar-refractivity contribution in [3.05, 3.63) is 47.8 Å². The Morgan fingerprint density at radius 1 is 1.22 bits per heavy atom. The van der Waals surface area contributed by atoms with Crippen LogP contribution in [0.3, 0.4) is 0 Å². The minimum atomic E-state index is -0.213. The molecule has 0 saturated carbocycles. The van der Waals surface area contributed by atoms with Gasteiger partial charge in [0.05, 0.1) is 5.56 Å². The van der Waals surface area contributed by atoms with Gasteiger partial charge in [-0.25, -0.2) is 9.97 Å². The molecule has 2 rings (SSSR count). The van der Waals surface area contributed by atoms with Crippen LogP contribution < -0.4 is 10.6 Å². The summed E-state index contributed by atoms with van der Waals surface area (Å²) in [5.74, 6) is 0.325. The molecule has 0 fully saturated rings. The number of aryl methyl sites for hydroxylation is 1. The molecule has 0 unspecified atom stereocenters. The summed E-state index contributed by atoms with van der Waals surface area (Å²) in [6, 6.07) is 7.66. The van der Waals surface area contributed by atoms with Crippen LogP contribution in [0.15, 0.2) is 36.7 Å². The monoisotopic (exact) mass is 313 g/mol. The van der Waals surface area contributed by atoms with Gasteiger partial charge in [0, 0.05) is 24.6 Å². The standard InChI is InChI=1S/C17H23N5O/c1-13-6-4-7-15(10-13)21-16(23)14-11-19-17(20-12-14)18-8-5-9-22(2)3/h4,6-7,10-12H,5,8-9H2,1-3H3,(H,21,23)(H,18,19,20). The predicted molar refractivity (Wildman–Crippen MR) is 92.8 cm³/mol. The molecule has 0 aliphatic heterocycles. The molecule has 0 aliphatic rings. The number of carbonyl (C=O) groups excluding carboxylic acids is 1. The zero-order valence-electron chi connectivity index (χ0n) is 13.8. The van der Waals surface area contributed by atoms with Crippen LogP contribution in [0.4, 0.5) is 11.6 Å². The maximum Gasteiger partial charge on any atom is 0.258 e. The second kappa shape index (κ2) is 8.24. The van der Waals surface area contributed by atoms with E-state index in [0.29, 0.717) is 11.5 Å². The van der Waals surface area contributed by atoms with Gasteiger partial charge in [0.2, 0.25) is 5.95 Å². The summed E-state index contributed by atoms with van der Waals surface area (Å²) < 4.78 is 0. The number of hydrogen-bond acceptors (Lipinski definition) is 5. The van der Waals surface area contributed by atoms with Gasteiger partial charge in [-0.3, -0.25) is 4.79 Å². The van der Waals surface area contributed by atoms with Crippen molar-refractivity contribution in [2.24, 2.45) is 0 Å². The molecule has 0 aliphatic carbocycles. The molecule has 0 atom stereocenters. The number of aromatic nitrogens is 2. The lowest BCUT2D eigenvalue weighted by molar-refractivity contribution is 0.102. The molecular formula is C17H23N5O. The molecule has 0 saturated heterocycles. The largest absolute Gasteiger partial charge is 0.354 e. The molecular weight excluding hydrogens is 290 g/mol. The molecule has 1 amide bonds. The molecule has 2 N–H and O–H groups in total. The average molecular weight is 313 g/mol. The van der Waals surface area contributed by atoms with E-state index in [0.717, 1.165) is 30.8 Å². The number of nitrogens with one attached hydrogen (secondary N) is 2. The highest BCUT2D eigenvalue weighted by Crippen LogP contribution is 2.11. The lowest BCUT2D eigenvalue weighted by atomic mass is 10.2. The van der Waals surface area contributed by atoms with Crippen LogP contribution in [0.5, 0.6) is 0 Å². The fourth-order valence-electron chi connectivity index (χ4n) is 2.06. The Bertz CT molecular complexity index is 640. The van der Waals surface area contributed by atoms with E-state index in [1.54, 1.807) is 0 Å². The maximum atomic E-state index is 12.2. The van der Waals surface area contributed by atoms with Gasteiger partial charge < -0.3 is 15.5 Å². The number of amides is 1. The van der Waals surface area contributed by atoms with Gasteiger partial charge >= 0.3 is 0 Å². The molecule has 23 heavy (non-hydrogen) atoms. The van der Waals surface area contributed by atoms with Crippen LogP contribution in [0, 0.1) is 6.92 Å². The first kappa shape index (κ1) is 16.9. The number of nitrogens with zero attached hydrogens (tertiary/aromatic N) is 3. The van der Waals surface area contributed by atoms with Crippen molar-refractivity contribution in [2.75, 3.05) is 37.8 Å². The third kappa shape index (κ3) is 5.67. The number of anilines is 2. The minimum Gasteiger partial charge on any atom is -0.354 e. The van der Waals surface area contributed by atoms with Crippen molar-refractivity contribution in [3.63, 3.8) is 0 Å². The molecule has 6 nitrogen and oxygen atoms in total. The summed E-state index contributed by atoms with van der Waals surface area (Å²) >= 11 is 0. The Balaban J connectivity index is 1.87. The Morgan fingerprint density at radius 2 is 1.96 bits per heavy atom.